The second-order valence-corrected chi connectivity index (χ2v) is 5.05. The highest BCUT2D eigenvalue weighted by Gasteiger charge is 2.25. The number of amides is 1. The van der Waals surface area contributed by atoms with E-state index in [4.69, 9.17) is 0 Å². The molecule has 0 saturated heterocycles. The zero-order valence-corrected chi connectivity index (χ0v) is 10.3. The van der Waals surface area contributed by atoms with Crippen molar-refractivity contribution in [3.05, 3.63) is 29.6 Å². The first-order valence-electron chi connectivity index (χ1n) is 6.56. The summed E-state index contributed by atoms with van der Waals surface area (Å²) in [6.07, 6.45) is 3.78. The van der Waals surface area contributed by atoms with Gasteiger partial charge in [0.25, 0.3) is 0 Å². The summed E-state index contributed by atoms with van der Waals surface area (Å²) in [6, 6.07) is 5.33. The molecule has 96 valence electrons. The van der Waals surface area contributed by atoms with E-state index in [2.05, 4.69) is 5.32 Å². The van der Waals surface area contributed by atoms with Gasteiger partial charge < -0.3 is 10.2 Å². The van der Waals surface area contributed by atoms with Crippen LogP contribution in [0.15, 0.2) is 18.2 Å². The van der Waals surface area contributed by atoms with Crippen LogP contribution in [0.25, 0.3) is 0 Å². The quantitative estimate of drug-likeness (QED) is 0.882. The zero-order valence-electron chi connectivity index (χ0n) is 10.3. The van der Waals surface area contributed by atoms with E-state index < -0.39 is 0 Å². The van der Waals surface area contributed by atoms with Crippen molar-refractivity contribution in [2.75, 3.05) is 18.0 Å². The molecule has 0 atom stereocenters. The van der Waals surface area contributed by atoms with Crippen LogP contribution < -0.4 is 10.2 Å². The Morgan fingerprint density at radius 2 is 2.28 bits per heavy atom. The van der Waals surface area contributed by atoms with Gasteiger partial charge in [0, 0.05) is 31.2 Å². The molecule has 0 bridgehead atoms. The van der Waals surface area contributed by atoms with Crippen molar-refractivity contribution >= 4 is 11.6 Å². The summed E-state index contributed by atoms with van der Waals surface area (Å²) in [7, 11) is 0. The van der Waals surface area contributed by atoms with Crippen molar-refractivity contribution in [2.24, 2.45) is 0 Å². The third kappa shape index (κ3) is 2.38. The van der Waals surface area contributed by atoms with Crippen LogP contribution in [0, 0.1) is 5.82 Å². The van der Waals surface area contributed by atoms with Gasteiger partial charge in [0.15, 0.2) is 0 Å². The van der Waals surface area contributed by atoms with Crippen molar-refractivity contribution in [1.82, 2.24) is 5.32 Å². The molecular weight excluding hydrogens is 231 g/mol. The SMILES string of the molecule is O=C(CCNC1CC1)N1CCc2ccc(F)cc21. The lowest BCUT2D eigenvalue weighted by Crippen LogP contribution is -2.32. The van der Waals surface area contributed by atoms with Crippen LogP contribution in [0.4, 0.5) is 10.1 Å². The molecule has 1 aliphatic carbocycles. The molecule has 1 fully saturated rings. The number of hydrogen-bond acceptors (Lipinski definition) is 2. The fourth-order valence-electron chi connectivity index (χ4n) is 2.42. The molecule has 1 N–H and O–H groups in total. The number of nitrogens with one attached hydrogen (secondary N) is 1. The highest BCUT2D eigenvalue weighted by Crippen LogP contribution is 2.29. The van der Waals surface area contributed by atoms with E-state index in [0.29, 0.717) is 19.0 Å². The summed E-state index contributed by atoms with van der Waals surface area (Å²) in [5.74, 6) is -0.183. The molecule has 0 radical (unpaired) electrons. The Hall–Kier alpha value is -1.42. The standard InChI is InChI=1S/C14H17FN2O/c15-11-2-1-10-6-8-17(13(10)9-11)14(18)5-7-16-12-3-4-12/h1-2,9,12,16H,3-8H2. The normalized spacial score (nSPS) is 17.9. The van der Waals surface area contributed by atoms with Gasteiger partial charge in [0.1, 0.15) is 5.82 Å². The van der Waals surface area contributed by atoms with Gasteiger partial charge in [-0.3, -0.25) is 4.79 Å². The van der Waals surface area contributed by atoms with Crippen molar-refractivity contribution < 1.29 is 9.18 Å². The van der Waals surface area contributed by atoms with E-state index in [-0.39, 0.29) is 11.7 Å². The Bertz CT molecular complexity index is 471. The van der Waals surface area contributed by atoms with Crippen LogP contribution in [-0.4, -0.2) is 25.0 Å². The Morgan fingerprint density at radius 3 is 3.06 bits per heavy atom. The topological polar surface area (TPSA) is 32.3 Å². The third-order valence-electron chi connectivity index (χ3n) is 3.59. The molecule has 0 unspecified atom stereocenters. The van der Waals surface area contributed by atoms with E-state index in [1.165, 1.54) is 25.0 Å². The summed E-state index contributed by atoms with van der Waals surface area (Å²) in [5, 5.41) is 3.32. The number of halogens is 1. The molecule has 1 saturated carbocycles. The van der Waals surface area contributed by atoms with Gasteiger partial charge in [0.2, 0.25) is 5.91 Å². The Morgan fingerprint density at radius 1 is 1.44 bits per heavy atom. The van der Waals surface area contributed by atoms with Crippen LogP contribution >= 0.6 is 0 Å². The number of carbonyl (C=O) groups is 1. The molecule has 1 amide bonds. The predicted molar refractivity (Wildman–Crippen MR) is 68.1 cm³/mol. The number of benzene rings is 1. The van der Waals surface area contributed by atoms with Crippen molar-refractivity contribution in [3.63, 3.8) is 0 Å². The molecule has 1 aliphatic heterocycles. The maximum absolute atomic E-state index is 13.2. The Kier molecular flexibility index (Phi) is 3.04. The summed E-state index contributed by atoms with van der Waals surface area (Å²) in [5.41, 5.74) is 1.83. The minimum absolute atomic E-state index is 0.0903. The van der Waals surface area contributed by atoms with Crippen LogP contribution in [0.1, 0.15) is 24.8 Å². The fraction of sp³-hybridized carbons (Fsp3) is 0.500. The van der Waals surface area contributed by atoms with Gasteiger partial charge in [-0.1, -0.05) is 6.07 Å². The summed E-state index contributed by atoms with van der Waals surface area (Å²) >= 11 is 0. The molecule has 1 heterocycles. The molecule has 0 spiro atoms. The number of anilines is 1. The van der Waals surface area contributed by atoms with E-state index in [0.717, 1.165) is 24.2 Å². The minimum atomic E-state index is -0.274. The van der Waals surface area contributed by atoms with E-state index in [1.54, 1.807) is 11.0 Å². The lowest BCUT2D eigenvalue weighted by Gasteiger charge is -2.17. The number of nitrogens with zero attached hydrogens (tertiary/aromatic N) is 1. The molecule has 1 aromatic rings. The summed E-state index contributed by atoms with van der Waals surface area (Å²) in [4.78, 5) is 13.8. The molecule has 4 heteroatoms. The molecule has 3 rings (SSSR count). The van der Waals surface area contributed by atoms with Crippen molar-refractivity contribution in [3.8, 4) is 0 Å². The maximum atomic E-state index is 13.2. The highest BCUT2D eigenvalue weighted by molar-refractivity contribution is 5.95. The second kappa shape index (κ2) is 4.69. The monoisotopic (exact) mass is 248 g/mol. The number of hydrogen-bond donors (Lipinski definition) is 1. The first-order valence-corrected chi connectivity index (χ1v) is 6.56. The molecule has 0 aromatic heterocycles. The van der Waals surface area contributed by atoms with Gasteiger partial charge in [-0.2, -0.15) is 0 Å². The molecule has 2 aliphatic rings. The van der Waals surface area contributed by atoms with Crippen molar-refractivity contribution in [1.29, 1.82) is 0 Å². The number of fused-ring (bicyclic) bond motifs is 1. The largest absolute Gasteiger partial charge is 0.313 e. The molecular formula is C14H17FN2O. The molecule has 3 nitrogen and oxygen atoms in total. The van der Waals surface area contributed by atoms with E-state index in [1.807, 2.05) is 0 Å². The predicted octanol–water partition coefficient (Wildman–Crippen LogP) is 1.86. The van der Waals surface area contributed by atoms with Crippen LogP contribution in [0.3, 0.4) is 0 Å². The Labute approximate surface area is 106 Å². The average molecular weight is 248 g/mol. The molecule has 1 aromatic carbocycles. The maximum Gasteiger partial charge on any atom is 0.228 e. The van der Waals surface area contributed by atoms with E-state index in [9.17, 15) is 9.18 Å². The van der Waals surface area contributed by atoms with Gasteiger partial charge >= 0.3 is 0 Å². The second-order valence-electron chi connectivity index (χ2n) is 5.05. The lowest BCUT2D eigenvalue weighted by atomic mass is 10.2. The molecule has 18 heavy (non-hydrogen) atoms. The van der Waals surface area contributed by atoms with Gasteiger partial charge in [0.05, 0.1) is 0 Å². The first-order chi connectivity index (χ1) is 8.74. The zero-order chi connectivity index (χ0) is 12.5. The van der Waals surface area contributed by atoms with Gasteiger partial charge in [-0.15, -0.1) is 0 Å². The number of rotatable bonds is 4. The van der Waals surface area contributed by atoms with Crippen LogP contribution in [0.2, 0.25) is 0 Å². The smallest absolute Gasteiger partial charge is 0.228 e. The number of carbonyl (C=O) groups excluding carboxylic acids is 1. The third-order valence-corrected chi connectivity index (χ3v) is 3.59. The lowest BCUT2D eigenvalue weighted by molar-refractivity contribution is -0.118. The van der Waals surface area contributed by atoms with Crippen molar-refractivity contribution in [2.45, 2.75) is 31.7 Å². The van der Waals surface area contributed by atoms with Crippen LogP contribution in [-0.2, 0) is 11.2 Å². The van der Waals surface area contributed by atoms with E-state index >= 15 is 0 Å². The summed E-state index contributed by atoms with van der Waals surface area (Å²) < 4.78 is 13.2. The van der Waals surface area contributed by atoms with Gasteiger partial charge in [-0.05, 0) is 37.0 Å². The first kappa shape index (κ1) is 11.7. The minimum Gasteiger partial charge on any atom is -0.313 e. The highest BCUT2D eigenvalue weighted by atomic mass is 19.1. The van der Waals surface area contributed by atoms with Gasteiger partial charge in [-0.25, -0.2) is 4.39 Å². The average Bonchev–Trinajstić information content (AvgIpc) is 3.07. The van der Waals surface area contributed by atoms with Crippen LogP contribution in [0.5, 0.6) is 0 Å². The fourth-order valence-corrected chi connectivity index (χ4v) is 2.42. The summed E-state index contributed by atoms with van der Waals surface area (Å²) in [6.45, 7) is 1.41. The Balaban J connectivity index is 1.63.